The minimum Gasteiger partial charge on any atom is -0.338 e. The van der Waals surface area contributed by atoms with Crippen molar-refractivity contribution in [3.63, 3.8) is 0 Å². The molecule has 5 rings (SSSR count). The molecule has 2 aromatic heterocycles. The van der Waals surface area contributed by atoms with Crippen LogP contribution < -0.4 is 4.90 Å². The van der Waals surface area contributed by atoms with Gasteiger partial charge in [0.25, 0.3) is 0 Å². The molecule has 0 atom stereocenters. The molecule has 0 aliphatic carbocycles. The van der Waals surface area contributed by atoms with Crippen LogP contribution in [0.3, 0.4) is 0 Å². The van der Waals surface area contributed by atoms with Crippen molar-refractivity contribution in [3.05, 3.63) is 54.2 Å². The lowest BCUT2D eigenvalue weighted by molar-refractivity contribution is -0.121. The van der Waals surface area contributed by atoms with Crippen LogP contribution in [0.25, 0.3) is 11.6 Å². The number of carbonyl (C=O) groups excluding carboxylic acids is 1. The average Bonchev–Trinajstić information content (AvgIpc) is 3.20. The van der Waals surface area contributed by atoms with Gasteiger partial charge in [0.1, 0.15) is 0 Å². The fourth-order valence-electron chi connectivity index (χ4n) is 3.83. The van der Waals surface area contributed by atoms with E-state index >= 15 is 0 Å². The Morgan fingerprint density at radius 2 is 1.93 bits per heavy atom. The van der Waals surface area contributed by atoms with Gasteiger partial charge in [0.2, 0.25) is 23.4 Å². The first-order chi connectivity index (χ1) is 13.8. The summed E-state index contributed by atoms with van der Waals surface area (Å²) in [4.78, 5) is 29.5. The van der Waals surface area contributed by atoms with E-state index in [0.29, 0.717) is 24.1 Å². The van der Waals surface area contributed by atoms with Gasteiger partial charge in [-0.1, -0.05) is 23.4 Å². The third-order valence-electron chi connectivity index (χ3n) is 5.28. The van der Waals surface area contributed by atoms with E-state index in [1.165, 1.54) is 5.56 Å². The van der Waals surface area contributed by atoms with Crippen LogP contribution in [0.15, 0.2) is 47.2 Å². The van der Waals surface area contributed by atoms with Gasteiger partial charge in [0.05, 0.1) is 12.5 Å². The van der Waals surface area contributed by atoms with Gasteiger partial charge < -0.3 is 9.42 Å². The average molecular weight is 376 g/mol. The summed E-state index contributed by atoms with van der Waals surface area (Å²) in [6.07, 6.45) is 5.34. The highest BCUT2D eigenvalue weighted by molar-refractivity contribution is 5.96. The van der Waals surface area contributed by atoms with E-state index in [9.17, 15) is 4.79 Å². The van der Waals surface area contributed by atoms with Gasteiger partial charge in [-0.2, -0.15) is 4.98 Å². The standard InChI is InChI=1S/C20H20N6O2/c27-17(26-10-3-6-14-5-1-2-7-16(14)26)13-25-11-15(12-25)20-23-19(24-28-20)18-21-8-4-9-22-18/h1-2,4-5,7-9,15H,3,6,10-13H2. The number of fused-ring (bicyclic) bond motifs is 1. The second-order valence-corrected chi connectivity index (χ2v) is 7.20. The Kier molecular flexibility index (Phi) is 4.32. The van der Waals surface area contributed by atoms with Gasteiger partial charge in [-0.15, -0.1) is 0 Å². The summed E-state index contributed by atoms with van der Waals surface area (Å²) in [6, 6.07) is 9.92. The minimum absolute atomic E-state index is 0.145. The van der Waals surface area contributed by atoms with E-state index < -0.39 is 0 Å². The molecule has 142 valence electrons. The number of anilines is 1. The summed E-state index contributed by atoms with van der Waals surface area (Å²) >= 11 is 0. The first kappa shape index (κ1) is 17.0. The summed E-state index contributed by atoms with van der Waals surface area (Å²) in [7, 11) is 0. The molecular formula is C20H20N6O2. The second-order valence-electron chi connectivity index (χ2n) is 7.20. The number of carbonyl (C=O) groups is 1. The van der Waals surface area contributed by atoms with Crippen molar-refractivity contribution < 1.29 is 9.32 Å². The van der Waals surface area contributed by atoms with Crippen LogP contribution in [0.5, 0.6) is 0 Å². The zero-order valence-corrected chi connectivity index (χ0v) is 15.4. The van der Waals surface area contributed by atoms with Gasteiger partial charge >= 0.3 is 0 Å². The number of hydrogen-bond acceptors (Lipinski definition) is 7. The largest absolute Gasteiger partial charge is 0.338 e. The Balaban J connectivity index is 1.19. The lowest BCUT2D eigenvalue weighted by Crippen LogP contribution is -2.51. The lowest BCUT2D eigenvalue weighted by Gasteiger charge is -2.38. The van der Waals surface area contributed by atoms with Crippen LogP contribution in [-0.4, -0.2) is 57.1 Å². The van der Waals surface area contributed by atoms with Crippen LogP contribution in [-0.2, 0) is 11.2 Å². The third-order valence-corrected chi connectivity index (χ3v) is 5.28. The Labute approximate surface area is 162 Å². The summed E-state index contributed by atoms with van der Waals surface area (Å²) < 4.78 is 5.38. The van der Waals surface area contributed by atoms with Crippen LogP contribution in [0.4, 0.5) is 5.69 Å². The van der Waals surface area contributed by atoms with Crippen molar-refractivity contribution in [3.8, 4) is 11.6 Å². The Hall–Kier alpha value is -3.13. The summed E-state index contributed by atoms with van der Waals surface area (Å²) in [5.74, 6) is 1.72. The normalized spacial score (nSPS) is 17.2. The summed E-state index contributed by atoms with van der Waals surface area (Å²) in [6.45, 7) is 2.67. The predicted molar refractivity (Wildman–Crippen MR) is 102 cm³/mol. The van der Waals surface area contributed by atoms with Crippen LogP contribution in [0.2, 0.25) is 0 Å². The Morgan fingerprint density at radius 1 is 1.11 bits per heavy atom. The minimum atomic E-state index is 0.145. The quantitative estimate of drug-likeness (QED) is 0.687. The maximum atomic E-state index is 12.8. The van der Waals surface area contributed by atoms with Gasteiger partial charge in [-0.3, -0.25) is 9.69 Å². The SMILES string of the molecule is O=C(CN1CC(c2nc(-c3ncccn3)no2)C1)N1CCCc2ccccc21. The van der Waals surface area contributed by atoms with Gasteiger partial charge in [0, 0.05) is 37.7 Å². The molecule has 1 aromatic carbocycles. The molecular weight excluding hydrogens is 356 g/mol. The smallest absolute Gasteiger partial charge is 0.241 e. The maximum Gasteiger partial charge on any atom is 0.241 e. The van der Waals surface area contributed by atoms with Gasteiger partial charge in [-0.05, 0) is 30.5 Å². The number of aromatic nitrogens is 4. The molecule has 8 heteroatoms. The number of likely N-dealkylation sites (tertiary alicyclic amines) is 1. The molecule has 0 spiro atoms. The van der Waals surface area contributed by atoms with E-state index in [1.54, 1.807) is 18.5 Å². The van der Waals surface area contributed by atoms with E-state index in [-0.39, 0.29) is 11.8 Å². The van der Waals surface area contributed by atoms with Gasteiger partial charge in [-0.25, -0.2) is 9.97 Å². The molecule has 8 nitrogen and oxygen atoms in total. The molecule has 0 bridgehead atoms. The summed E-state index contributed by atoms with van der Waals surface area (Å²) in [5.41, 5.74) is 2.31. The molecule has 0 radical (unpaired) electrons. The highest BCUT2D eigenvalue weighted by Gasteiger charge is 2.35. The molecule has 0 saturated carbocycles. The molecule has 2 aliphatic heterocycles. The highest BCUT2D eigenvalue weighted by Crippen LogP contribution is 2.29. The zero-order chi connectivity index (χ0) is 18.9. The Morgan fingerprint density at radius 3 is 2.79 bits per heavy atom. The molecule has 3 aromatic rings. The predicted octanol–water partition coefficient (Wildman–Crippen LogP) is 1.91. The van der Waals surface area contributed by atoms with Crippen molar-refractivity contribution in [1.82, 2.24) is 25.0 Å². The maximum absolute atomic E-state index is 12.8. The fraction of sp³-hybridized carbons (Fsp3) is 0.350. The Bertz CT molecular complexity index is 983. The van der Waals surface area contributed by atoms with E-state index in [1.807, 2.05) is 23.1 Å². The highest BCUT2D eigenvalue weighted by atomic mass is 16.5. The first-order valence-corrected chi connectivity index (χ1v) is 9.49. The third kappa shape index (κ3) is 3.16. The van der Waals surface area contributed by atoms with Crippen LogP contribution in [0.1, 0.15) is 23.8 Å². The van der Waals surface area contributed by atoms with Crippen molar-refractivity contribution in [2.24, 2.45) is 0 Å². The fourth-order valence-corrected chi connectivity index (χ4v) is 3.83. The van der Waals surface area contributed by atoms with Crippen molar-refractivity contribution >= 4 is 11.6 Å². The van der Waals surface area contributed by atoms with E-state index in [0.717, 1.165) is 38.2 Å². The van der Waals surface area contributed by atoms with Gasteiger partial charge in [0.15, 0.2) is 0 Å². The molecule has 0 unspecified atom stereocenters. The molecule has 28 heavy (non-hydrogen) atoms. The lowest BCUT2D eigenvalue weighted by atomic mass is 9.99. The van der Waals surface area contributed by atoms with E-state index in [2.05, 4.69) is 31.1 Å². The number of aryl methyl sites for hydroxylation is 1. The summed E-state index contributed by atoms with van der Waals surface area (Å²) in [5, 5.41) is 3.97. The molecule has 0 N–H and O–H groups in total. The number of benzene rings is 1. The first-order valence-electron chi connectivity index (χ1n) is 9.49. The second kappa shape index (κ2) is 7.12. The number of hydrogen-bond donors (Lipinski definition) is 0. The molecule has 1 saturated heterocycles. The molecule has 4 heterocycles. The topological polar surface area (TPSA) is 88.2 Å². The molecule has 2 aliphatic rings. The zero-order valence-electron chi connectivity index (χ0n) is 15.4. The number of nitrogens with zero attached hydrogens (tertiary/aromatic N) is 6. The van der Waals surface area contributed by atoms with Crippen molar-refractivity contribution in [2.75, 3.05) is 31.1 Å². The number of amides is 1. The monoisotopic (exact) mass is 376 g/mol. The number of para-hydroxylation sites is 1. The van der Waals surface area contributed by atoms with Crippen molar-refractivity contribution in [2.45, 2.75) is 18.8 Å². The molecule has 1 amide bonds. The van der Waals surface area contributed by atoms with Crippen LogP contribution in [0, 0.1) is 0 Å². The molecule has 1 fully saturated rings. The van der Waals surface area contributed by atoms with Crippen molar-refractivity contribution in [1.29, 1.82) is 0 Å². The number of rotatable bonds is 4. The van der Waals surface area contributed by atoms with E-state index in [4.69, 9.17) is 4.52 Å². The van der Waals surface area contributed by atoms with Crippen LogP contribution >= 0.6 is 0 Å².